The molecule has 0 rings (SSSR count). The number of hydrogen-bond donors (Lipinski definition) is 3. The van der Waals surface area contributed by atoms with E-state index >= 15 is 0 Å². The van der Waals surface area contributed by atoms with E-state index in [1.165, 1.54) is 0 Å². The Morgan fingerprint density at radius 3 is 2.25 bits per heavy atom. The Morgan fingerprint density at radius 1 is 1.62 bits per heavy atom. The van der Waals surface area contributed by atoms with Crippen molar-refractivity contribution in [2.75, 3.05) is 6.61 Å². The molecule has 4 N–H and O–H groups in total. The van der Waals surface area contributed by atoms with Crippen LogP contribution in [-0.2, 0) is 0 Å². The Morgan fingerprint density at radius 2 is 2.12 bits per heavy atom. The van der Waals surface area contributed by atoms with Gasteiger partial charge in [0.2, 0.25) is 0 Å². The molecule has 0 spiro atoms. The average Bonchev–Trinajstić information content (AvgIpc) is 1.67. The van der Waals surface area contributed by atoms with Crippen LogP contribution in [0, 0.1) is 0 Å². The van der Waals surface area contributed by atoms with Gasteiger partial charge in [0.05, 0.1) is 6.10 Å². The highest BCUT2D eigenvalue weighted by atomic mass is 16.3. The van der Waals surface area contributed by atoms with Crippen LogP contribution in [-0.4, -0.2) is 29.0 Å². The molecule has 0 saturated heterocycles. The van der Waals surface area contributed by atoms with Crippen LogP contribution in [0.1, 0.15) is 13.3 Å². The maximum Gasteiger partial charge on any atom is 0.0710 e. The summed E-state index contributed by atoms with van der Waals surface area (Å²) in [5.41, 5.74) is 5.26. The molecule has 0 aliphatic heterocycles. The minimum absolute atomic E-state index is 0.00269. The van der Waals surface area contributed by atoms with Crippen LogP contribution in [0.2, 0.25) is 0 Å². The zero-order valence-corrected chi connectivity index (χ0v) is 5.04. The Kier molecular flexibility index (Phi) is 3.77. The first kappa shape index (κ1) is 7.88. The molecule has 0 amide bonds. The van der Waals surface area contributed by atoms with E-state index in [1.807, 2.05) is 0 Å². The van der Waals surface area contributed by atoms with Crippen molar-refractivity contribution in [1.29, 1.82) is 0 Å². The van der Waals surface area contributed by atoms with Crippen LogP contribution in [0.3, 0.4) is 0 Å². The molecule has 3 heteroatoms. The number of nitrogens with two attached hydrogens (primary N) is 1. The fourth-order valence-corrected chi connectivity index (χ4v) is 0.395. The summed E-state index contributed by atoms with van der Waals surface area (Å²) >= 11 is 0. The molecule has 0 fully saturated rings. The molecule has 0 aromatic carbocycles. The molecule has 8 heavy (non-hydrogen) atoms. The second-order valence-corrected chi connectivity index (χ2v) is 1.94. The second-order valence-electron chi connectivity index (χ2n) is 1.94. The third-order valence-corrected chi connectivity index (χ3v) is 1.03. The molecule has 0 aliphatic rings. The van der Waals surface area contributed by atoms with E-state index in [4.69, 9.17) is 15.9 Å². The van der Waals surface area contributed by atoms with Gasteiger partial charge in [0, 0.05) is 12.6 Å². The van der Waals surface area contributed by atoms with Crippen LogP contribution in [0.25, 0.3) is 0 Å². The first-order chi connectivity index (χ1) is 3.68. The fraction of sp³-hybridized carbons (Fsp3) is 1.00. The van der Waals surface area contributed by atoms with Crippen LogP contribution in [0.4, 0.5) is 0 Å². The smallest absolute Gasteiger partial charge is 0.0710 e. The monoisotopic (exact) mass is 119 g/mol. The molecule has 0 aromatic heterocycles. The molecular weight excluding hydrogens is 106 g/mol. The van der Waals surface area contributed by atoms with Crippen molar-refractivity contribution < 1.29 is 10.2 Å². The lowest BCUT2D eigenvalue weighted by atomic mass is 10.1. The van der Waals surface area contributed by atoms with Gasteiger partial charge in [0.15, 0.2) is 0 Å². The normalized spacial score (nSPS) is 18.0. The van der Waals surface area contributed by atoms with Crippen LogP contribution >= 0.6 is 0 Å². The van der Waals surface area contributed by atoms with E-state index in [-0.39, 0.29) is 12.6 Å². The SMILES string of the molecule is CC(N)[C@@H](O)CCO. The average molecular weight is 119 g/mol. The first-order valence-electron chi connectivity index (χ1n) is 2.73. The summed E-state index contributed by atoms with van der Waals surface area (Å²) in [4.78, 5) is 0. The first-order valence-corrected chi connectivity index (χ1v) is 2.73. The zero-order valence-electron chi connectivity index (χ0n) is 5.04. The topological polar surface area (TPSA) is 66.5 Å². The van der Waals surface area contributed by atoms with Crippen LogP contribution in [0.5, 0.6) is 0 Å². The van der Waals surface area contributed by atoms with Gasteiger partial charge in [0.1, 0.15) is 0 Å². The molecule has 0 heterocycles. The highest BCUT2D eigenvalue weighted by Gasteiger charge is 2.06. The largest absolute Gasteiger partial charge is 0.396 e. The maximum atomic E-state index is 8.84. The van der Waals surface area contributed by atoms with E-state index in [1.54, 1.807) is 6.92 Å². The molecule has 2 atom stereocenters. The van der Waals surface area contributed by atoms with Gasteiger partial charge in [-0.3, -0.25) is 0 Å². The molecule has 0 aromatic rings. The van der Waals surface area contributed by atoms with Gasteiger partial charge < -0.3 is 15.9 Å². The van der Waals surface area contributed by atoms with E-state index in [0.29, 0.717) is 6.42 Å². The summed E-state index contributed by atoms with van der Waals surface area (Å²) in [5, 5.41) is 17.1. The summed E-state index contributed by atoms with van der Waals surface area (Å²) in [6, 6.07) is -0.234. The third-order valence-electron chi connectivity index (χ3n) is 1.03. The van der Waals surface area contributed by atoms with Crippen molar-refractivity contribution in [2.24, 2.45) is 5.73 Å². The Balaban J connectivity index is 3.17. The van der Waals surface area contributed by atoms with Crippen molar-refractivity contribution in [2.45, 2.75) is 25.5 Å². The zero-order chi connectivity index (χ0) is 6.57. The highest BCUT2D eigenvalue weighted by molar-refractivity contribution is 4.64. The molecule has 0 aliphatic carbocycles. The Bertz CT molecular complexity index is 56.4. The van der Waals surface area contributed by atoms with Crippen molar-refractivity contribution in [3.05, 3.63) is 0 Å². The van der Waals surface area contributed by atoms with Crippen molar-refractivity contribution >= 4 is 0 Å². The van der Waals surface area contributed by atoms with Crippen molar-refractivity contribution in [3.8, 4) is 0 Å². The van der Waals surface area contributed by atoms with Gasteiger partial charge in [-0.25, -0.2) is 0 Å². The van der Waals surface area contributed by atoms with Gasteiger partial charge in [-0.15, -0.1) is 0 Å². The Labute approximate surface area is 49.1 Å². The summed E-state index contributed by atoms with van der Waals surface area (Å²) in [6.45, 7) is 1.71. The van der Waals surface area contributed by atoms with E-state index in [9.17, 15) is 0 Å². The van der Waals surface area contributed by atoms with E-state index < -0.39 is 6.10 Å². The maximum absolute atomic E-state index is 8.84. The van der Waals surface area contributed by atoms with Gasteiger partial charge in [0.25, 0.3) is 0 Å². The van der Waals surface area contributed by atoms with Gasteiger partial charge >= 0.3 is 0 Å². The molecule has 50 valence electrons. The van der Waals surface area contributed by atoms with Crippen molar-refractivity contribution in [1.82, 2.24) is 0 Å². The van der Waals surface area contributed by atoms with Crippen LogP contribution in [0.15, 0.2) is 0 Å². The highest BCUT2D eigenvalue weighted by Crippen LogP contribution is 1.92. The molecule has 0 radical (unpaired) electrons. The van der Waals surface area contributed by atoms with Crippen molar-refractivity contribution in [3.63, 3.8) is 0 Å². The quantitative estimate of drug-likeness (QED) is 0.450. The lowest BCUT2D eigenvalue weighted by Crippen LogP contribution is -2.31. The molecule has 1 unspecified atom stereocenters. The minimum Gasteiger partial charge on any atom is -0.396 e. The predicted octanol–water partition coefficient (Wildman–Crippen LogP) is -0.923. The third kappa shape index (κ3) is 2.96. The lowest BCUT2D eigenvalue weighted by Gasteiger charge is -2.11. The van der Waals surface area contributed by atoms with E-state index in [0.717, 1.165) is 0 Å². The summed E-state index contributed by atoms with van der Waals surface area (Å²) < 4.78 is 0. The lowest BCUT2D eigenvalue weighted by molar-refractivity contribution is 0.114. The summed E-state index contributed by atoms with van der Waals surface area (Å²) in [6.07, 6.45) is -0.183. The Hall–Kier alpha value is -0.120. The fourth-order valence-electron chi connectivity index (χ4n) is 0.395. The second kappa shape index (κ2) is 3.83. The van der Waals surface area contributed by atoms with Crippen LogP contribution < -0.4 is 5.73 Å². The number of aliphatic hydroxyl groups excluding tert-OH is 2. The molecule has 0 saturated carbocycles. The summed E-state index contributed by atoms with van der Waals surface area (Å²) in [5.74, 6) is 0. The number of aliphatic hydroxyl groups is 2. The summed E-state index contributed by atoms with van der Waals surface area (Å²) in [7, 11) is 0. The number of hydrogen-bond acceptors (Lipinski definition) is 3. The molecular formula is C5H13NO2. The molecule has 0 bridgehead atoms. The number of rotatable bonds is 3. The van der Waals surface area contributed by atoms with Gasteiger partial charge in [-0.05, 0) is 13.3 Å². The molecule has 3 nitrogen and oxygen atoms in total. The van der Waals surface area contributed by atoms with Gasteiger partial charge in [-0.2, -0.15) is 0 Å². The van der Waals surface area contributed by atoms with E-state index in [2.05, 4.69) is 0 Å². The van der Waals surface area contributed by atoms with Gasteiger partial charge in [-0.1, -0.05) is 0 Å². The predicted molar refractivity (Wildman–Crippen MR) is 31.4 cm³/mol. The standard InChI is InChI=1S/C5H13NO2/c1-4(6)5(8)2-3-7/h4-5,7-8H,2-3,6H2,1H3/t4?,5-/m0/s1. The minimum atomic E-state index is -0.556.